The van der Waals surface area contributed by atoms with Crippen molar-refractivity contribution in [2.24, 2.45) is 11.5 Å². The smallest absolute Gasteiger partial charge is 0.157 e. The highest BCUT2D eigenvalue weighted by molar-refractivity contribution is 4.60. The van der Waals surface area contributed by atoms with Crippen LogP contribution in [0.15, 0.2) is 0 Å². The van der Waals surface area contributed by atoms with Gasteiger partial charge in [0.2, 0.25) is 0 Å². The molecule has 0 saturated carbocycles. The summed E-state index contributed by atoms with van der Waals surface area (Å²) in [4.78, 5) is 2.48. The fourth-order valence-electron chi connectivity index (χ4n) is 2.41. The van der Waals surface area contributed by atoms with Crippen molar-refractivity contribution in [2.45, 2.75) is 59.7 Å². The van der Waals surface area contributed by atoms with Crippen molar-refractivity contribution in [1.29, 1.82) is 0 Å². The van der Waals surface area contributed by atoms with Gasteiger partial charge in [0, 0.05) is 39.4 Å². The molecule has 0 atom stereocenters. The first-order valence-corrected chi connectivity index (χ1v) is 11.8. The minimum Gasteiger partial charge on any atom is -0.380 e. The Morgan fingerprint density at radius 2 is 1.40 bits per heavy atom. The first-order valence-electron chi connectivity index (χ1n) is 11.8. The summed E-state index contributed by atoms with van der Waals surface area (Å²) in [6.07, 6.45) is 4.79. The highest BCUT2D eigenvalue weighted by Crippen LogP contribution is 2.05. The Balaban J connectivity index is 0. The van der Waals surface area contributed by atoms with E-state index in [1.165, 1.54) is 19.4 Å². The Bertz CT molecular complexity index is 282. The van der Waals surface area contributed by atoms with Crippen LogP contribution in [0.5, 0.6) is 0 Å². The Morgan fingerprint density at radius 3 is 1.80 bits per heavy atom. The first-order chi connectivity index (χ1) is 14.7. The van der Waals surface area contributed by atoms with Crippen LogP contribution in [0.25, 0.3) is 0 Å². The second-order valence-corrected chi connectivity index (χ2v) is 6.77. The van der Waals surface area contributed by atoms with Gasteiger partial charge in [-0.05, 0) is 32.7 Å². The van der Waals surface area contributed by atoms with Crippen LogP contribution in [0.2, 0.25) is 0 Å². The van der Waals surface area contributed by atoms with E-state index in [0.29, 0.717) is 26.3 Å². The van der Waals surface area contributed by atoms with E-state index < -0.39 is 0 Å². The molecule has 0 aromatic heterocycles. The highest BCUT2D eigenvalue weighted by atomic mass is 16.7. The lowest BCUT2D eigenvalue weighted by Gasteiger charge is -2.26. The fraction of sp³-hybridized carbons (Fsp3) is 1.00. The molecule has 2 heterocycles. The maximum atomic E-state index is 5.24. The minimum atomic E-state index is 0.0972. The lowest BCUT2D eigenvalue weighted by Crippen LogP contribution is -2.36. The predicted octanol–water partition coefficient (Wildman–Crippen LogP) is 2.24. The number of nitrogens with zero attached hydrogens (tertiary/aromatic N) is 1. The number of hydrogen-bond acceptors (Lipinski definition) is 8. The molecule has 0 aromatic rings. The number of hydrogen-bond donors (Lipinski definition) is 2. The second kappa shape index (κ2) is 28.7. The summed E-state index contributed by atoms with van der Waals surface area (Å²) in [5.41, 5.74) is 10.2. The monoisotopic (exact) mass is 437 g/mol. The van der Waals surface area contributed by atoms with E-state index in [1.807, 2.05) is 6.92 Å². The van der Waals surface area contributed by atoms with E-state index in [0.717, 1.165) is 65.6 Å². The van der Waals surface area contributed by atoms with Crippen molar-refractivity contribution in [2.75, 3.05) is 85.6 Å². The summed E-state index contributed by atoms with van der Waals surface area (Å²) < 4.78 is 25.3. The van der Waals surface area contributed by atoms with Crippen LogP contribution in [-0.2, 0) is 23.7 Å². The van der Waals surface area contributed by atoms with Crippen LogP contribution in [0, 0.1) is 0 Å². The minimum absolute atomic E-state index is 0.0972. The van der Waals surface area contributed by atoms with Crippen molar-refractivity contribution in [3.05, 3.63) is 0 Å². The third-order valence-electron chi connectivity index (χ3n) is 4.03. The molecule has 30 heavy (non-hydrogen) atoms. The molecule has 0 radical (unpaired) electrons. The zero-order valence-electron chi connectivity index (χ0n) is 20.2. The molecule has 184 valence electrons. The van der Waals surface area contributed by atoms with E-state index in [4.69, 9.17) is 35.2 Å². The topological polar surface area (TPSA) is 101 Å². The van der Waals surface area contributed by atoms with Gasteiger partial charge in [-0.15, -0.1) is 0 Å². The van der Waals surface area contributed by atoms with Crippen molar-refractivity contribution >= 4 is 0 Å². The van der Waals surface area contributed by atoms with Gasteiger partial charge in [-0.1, -0.05) is 27.2 Å². The Kier molecular flexibility index (Phi) is 30.5. The quantitative estimate of drug-likeness (QED) is 0.475. The van der Waals surface area contributed by atoms with Crippen molar-refractivity contribution in [1.82, 2.24) is 4.90 Å². The average Bonchev–Trinajstić information content (AvgIpc) is 3.33. The largest absolute Gasteiger partial charge is 0.380 e. The van der Waals surface area contributed by atoms with E-state index in [2.05, 4.69) is 25.7 Å². The SMILES string of the molecule is CCC1OCCO1.CCCCN1CCOCC1.CCCOCCN.CCOCCN. The fourth-order valence-corrected chi connectivity index (χ4v) is 2.41. The van der Waals surface area contributed by atoms with Crippen LogP contribution >= 0.6 is 0 Å². The summed E-state index contributed by atoms with van der Waals surface area (Å²) in [6.45, 7) is 19.6. The van der Waals surface area contributed by atoms with Crippen LogP contribution in [-0.4, -0.2) is 96.8 Å². The van der Waals surface area contributed by atoms with Crippen molar-refractivity contribution < 1.29 is 23.7 Å². The average molecular weight is 438 g/mol. The normalized spacial score (nSPS) is 16.6. The van der Waals surface area contributed by atoms with E-state index >= 15 is 0 Å². The second-order valence-electron chi connectivity index (χ2n) is 6.77. The molecule has 8 nitrogen and oxygen atoms in total. The number of morpholine rings is 1. The maximum Gasteiger partial charge on any atom is 0.157 e. The summed E-state index contributed by atoms with van der Waals surface area (Å²) >= 11 is 0. The number of nitrogens with two attached hydrogens (primary N) is 2. The van der Waals surface area contributed by atoms with Crippen LogP contribution < -0.4 is 11.5 Å². The van der Waals surface area contributed by atoms with Crippen molar-refractivity contribution in [3.63, 3.8) is 0 Å². The summed E-state index contributed by atoms with van der Waals surface area (Å²) in [5, 5.41) is 0. The first kappa shape index (κ1) is 31.9. The third kappa shape index (κ3) is 25.7. The molecule has 2 aliphatic rings. The number of rotatable bonds is 11. The molecule has 2 rings (SSSR count). The van der Waals surface area contributed by atoms with Gasteiger partial charge >= 0.3 is 0 Å². The van der Waals surface area contributed by atoms with E-state index in [9.17, 15) is 0 Å². The van der Waals surface area contributed by atoms with Crippen LogP contribution in [0.1, 0.15) is 53.4 Å². The maximum absolute atomic E-state index is 5.24. The van der Waals surface area contributed by atoms with Gasteiger partial charge in [0.05, 0.1) is 39.6 Å². The summed E-state index contributed by atoms with van der Waals surface area (Å²) in [6, 6.07) is 0. The predicted molar refractivity (Wildman–Crippen MR) is 124 cm³/mol. The van der Waals surface area contributed by atoms with Gasteiger partial charge in [-0.25, -0.2) is 0 Å². The molecule has 4 N–H and O–H groups in total. The Hall–Kier alpha value is -0.320. The molecule has 2 aliphatic heterocycles. The van der Waals surface area contributed by atoms with Crippen molar-refractivity contribution in [3.8, 4) is 0 Å². The molecular formula is C22H51N3O5. The molecule has 0 amide bonds. The highest BCUT2D eigenvalue weighted by Gasteiger charge is 2.11. The molecule has 0 unspecified atom stereocenters. The molecule has 2 saturated heterocycles. The molecule has 0 spiro atoms. The zero-order chi connectivity index (χ0) is 22.7. The van der Waals surface area contributed by atoms with Crippen LogP contribution in [0.3, 0.4) is 0 Å². The molecule has 0 aromatic carbocycles. The van der Waals surface area contributed by atoms with Gasteiger partial charge < -0.3 is 35.2 Å². The number of ether oxygens (including phenoxy) is 5. The molecule has 2 fully saturated rings. The van der Waals surface area contributed by atoms with Gasteiger partial charge in [-0.2, -0.15) is 0 Å². The van der Waals surface area contributed by atoms with Gasteiger partial charge in [0.15, 0.2) is 6.29 Å². The van der Waals surface area contributed by atoms with Gasteiger partial charge in [0.25, 0.3) is 0 Å². The number of unbranched alkanes of at least 4 members (excludes halogenated alkanes) is 1. The third-order valence-corrected chi connectivity index (χ3v) is 4.03. The van der Waals surface area contributed by atoms with Gasteiger partial charge in [-0.3, -0.25) is 4.90 Å². The summed E-state index contributed by atoms with van der Waals surface area (Å²) in [5.74, 6) is 0. The van der Waals surface area contributed by atoms with E-state index in [1.54, 1.807) is 0 Å². The standard InChI is InChI=1S/C8H17NO.C5H13NO.C5H10O2.C4H11NO/c1-2-3-4-9-5-7-10-8-6-9;1-2-4-7-5-3-6;1-2-5-6-3-4-7-5;1-2-6-4-3-5/h2-8H2,1H3;2-6H2,1H3;5H,2-4H2,1H3;2-5H2,1H3. The lowest BCUT2D eigenvalue weighted by atomic mass is 10.3. The Labute approximate surface area is 185 Å². The lowest BCUT2D eigenvalue weighted by molar-refractivity contribution is -0.0430. The molecule has 0 aliphatic carbocycles. The van der Waals surface area contributed by atoms with Crippen LogP contribution in [0.4, 0.5) is 0 Å². The molecular weight excluding hydrogens is 386 g/mol. The van der Waals surface area contributed by atoms with Gasteiger partial charge in [0.1, 0.15) is 0 Å². The summed E-state index contributed by atoms with van der Waals surface area (Å²) in [7, 11) is 0. The zero-order valence-corrected chi connectivity index (χ0v) is 20.2. The molecule has 8 heteroatoms. The Morgan fingerprint density at radius 1 is 0.800 bits per heavy atom. The molecule has 0 bridgehead atoms. The van der Waals surface area contributed by atoms with E-state index in [-0.39, 0.29) is 6.29 Å².